The summed E-state index contributed by atoms with van der Waals surface area (Å²) >= 11 is 1.65. The zero-order chi connectivity index (χ0) is 16.9. The molecule has 4 nitrogen and oxygen atoms in total. The van der Waals surface area contributed by atoms with Gasteiger partial charge < -0.3 is 10.1 Å². The third kappa shape index (κ3) is 4.06. The van der Waals surface area contributed by atoms with Gasteiger partial charge in [-0.15, -0.1) is 11.3 Å². The Bertz CT molecular complexity index is 835. The summed E-state index contributed by atoms with van der Waals surface area (Å²) in [7, 11) is 0. The maximum absolute atomic E-state index is 11.8. The fraction of sp³-hybridized carbons (Fsp3) is 0.211. The Morgan fingerprint density at radius 2 is 1.79 bits per heavy atom. The molecule has 1 heterocycles. The summed E-state index contributed by atoms with van der Waals surface area (Å²) in [6.45, 7) is 1.54. The minimum Gasteiger partial charge on any atom is -0.326 e. The summed E-state index contributed by atoms with van der Waals surface area (Å²) in [5.41, 5.74) is 2.79. The fourth-order valence-electron chi connectivity index (χ4n) is 2.41. The molecule has 0 fully saturated rings. The summed E-state index contributed by atoms with van der Waals surface area (Å²) in [5, 5.41) is 3.82. The van der Waals surface area contributed by atoms with Crippen molar-refractivity contribution in [3.05, 3.63) is 48.5 Å². The molecule has 0 aliphatic heterocycles. The van der Waals surface area contributed by atoms with E-state index in [0.29, 0.717) is 19.3 Å². The van der Waals surface area contributed by atoms with Gasteiger partial charge in [0.25, 0.3) is 0 Å². The van der Waals surface area contributed by atoms with E-state index in [1.165, 1.54) is 0 Å². The van der Waals surface area contributed by atoms with Crippen molar-refractivity contribution in [1.29, 1.82) is 0 Å². The Kier molecular flexibility index (Phi) is 5.01. The lowest BCUT2D eigenvalue weighted by molar-refractivity contribution is -0.117. The smallest absolute Gasteiger partial charge is 0.224 e. The van der Waals surface area contributed by atoms with E-state index in [0.717, 1.165) is 26.5 Å². The molecular formula is C19H18N2O2S. The molecular weight excluding hydrogens is 320 g/mol. The maximum atomic E-state index is 11.8. The van der Waals surface area contributed by atoms with Gasteiger partial charge in [-0.3, -0.25) is 4.79 Å². The first kappa shape index (κ1) is 16.3. The van der Waals surface area contributed by atoms with Gasteiger partial charge in [0.05, 0.1) is 10.2 Å². The van der Waals surface area contributed by atoms with Gasteiger partial charge >= 0.3 is 0 Å². The molecule has 1 amide bonds. The second-order valence-corrected chi connectivity index (χ2v) is 6.70. The molecule has 0 saturated heterocycles. The van der Waals surface area contributed by atoms with Gasteiger partial charge in [-0.1, -0.05) is 12.1 Å². The quantitative estimate of drug-likeness (QED) is 0.711. The number of thiazole rings is 1. The lowest BCUT2D eigenvalue weighted by Crippen LogP contribution is -2.11. The van der Waals surface area contributed by atoms with Crippen LogP contribution in [0.1, 0.15) is 26.2 Å². The van der Waals surface area contributed by atoms with Crippen LogP contribution in [0.5, 0.6) is 0 Å². The summed E-state index contributed by atoms with van der Waals surface area (Å²) in [4.78, 5) is 27.3. The van der Waals surface area contributed by atoms with Gasteiger partial charge in [0, 0.05) is 24.1 Å². The van der Waals surface area contributed by atoms with Crippen molar-refractivity contribution >= 4 is 38.9 Å². The normalized spacial score (nSPS) is 10.7. The van der Waals surface area contributed by atoms with Crippen LogP contribution in [0.15, 0.2) is 48.5 Å². The predicted octanol–water partition coefficient (Wildman–Crippen LogP) is 4.66. The first-order valence-corrected chi connectivity index (χ1v) is 8.69. The van der Waals surface area contributed by atoms with Crippen LogP contribution >= 0.6 is 11.3 Å². The number of nitrogens with zero attached hydrogens (tertiary/aromatic N) is 1. The maximum Gasteiger partial charge on any atom is 0.224 e. The van der Waals surface area contributed by atoms with Gasteiger partial charge in [0.15, 0.2) is 0 Å². The van der Waals surface area contributed by atoms with Crippen molar-refractivity contribution in [2.24, 2.45) is 0 Å². The van der Waals surface area contributed by atoms with Gasteiger partial charge in [0.1, 0.15) is 10.8 Å². The number of hydrogen-bond donors (Lipinski definition) is 1. The highest BCUT2D eigenvalue weighted by Gasteiger charge is 2.07. The topological polar surface area (TPSA) is 59.1 Å². The number of amides is 1. The summed E-state index contributed by atoms with van der Waals surface area (Å²) in [6.07, 6.45) is 1.40. The van der Waals surface area contributed by atoms with E-state index in [4.69, 9.17) is 0 Å². The molecule has 0 aliphatic rings. The van der Waals surface area contributed by atoms with Crippen LogP contribution in [0, 0.1) is 0 Å². The lowest BCUT2D eigenvalue weighted by Gasteiger charge is -2.05. The van der Waals surface area contributed by atoms with Crippen LogP contribution in [0.3, 0.4) is 0 Å². The third-order valence-electron chi connectivity index (χ3n) is 3.64. The van der Waals surface area contributed by atoms with Crippen molar-refractivity contribution in [2.75, 3.05) is 5.32 Å². The number of carbonyl (C=O) groups excluding carboxylic acids is 2. The van der Waals surface area contributed by atoms with E-state index in [1.807, 2.05) is 42.5 Å². The molecule has 2 aromatic carbocycles. The van der Waals surface area contributed by atoms with Crippen LogP contribution in [0.4, 0.5) is 5.69 Å². The standard InChI is InChI=1S/C19H18N2O2S/c1-13(22)5-4-8-18(23)20-15-11-9-14(10-12-15)19-21-16-6-2-3-7-17(16)24-19/h2-3,6-7,9-12H,4-5,8H2,1H3,(H,20,23). The Morgan fingerprint density at radius 3 is 2.50 bits per heavy atom. The van der Waals surface area contributed by atoms with E-state index >= 15 is 0 Å². The number of para-hydroxylation sites is 1. The van der Waals surface area contributed by atoms with Gasteiger partial charge in [0.2, 0.25) is 5.91 Å². The van der Waals surface area contributed by atoms with E-state index in [2.05, 4.69) is 16.4 Å². The summed E-state index contributed by atoms with van der Waals surface area (Å²) < 4.78 is 1.16. The van der Waals surface area contributed by atoms with Crippen molar-refractivity contribution < 1.29 is 9.59 Å². The molecule has 3 rings (SSSR count). The van der Waals surface area contributed by atoms with Crippen molar-refractivity contribution in [3.8, 4) is 10.6 Å². The van der Waals surface area contributed by atoms with Crippen molar-refractivity contribution in [1.82, 2.24) is 4.98 Å². The monoisotopic (exact) mass is 338 g/mol. The largest absolute Gasteiger partial charge is 0.326 e. The number of benzene rings is 2. The molecule has 0 atom stereocenters. The number of carbonyl (C=O) groups is 2. The Hall–Kier alpha value is -2.53. The van der Waals surface area contributed by atoms with E-state index in [1.54, 1.807) is 18.3 Å². The van der Waals surface area contributed by atoms with Crippen LogP contribution in [0.25, 0.3) is 20.8 Å². The average molecular weight is 338 g/mol. The minimum atomic E-state index is -0.0658. The fourth-order valence-corrected chi connectivity index (χ4v) is 3.38. The SMILES string of the molecule is CC(=O)CCCC(=O)Nc1ccc(-c2nc3ccccc3s2)cc1. The van der Waals surface area contributed by atoms with Crippen LogP contribution in [-0.2, 0) is 9.59 Å². The molecule has 1 aromatic heterocycles. The minimum absolute atomic E-state index is 0.0658. The Balaban J connectivity index is 1.64. The zero-order valence-corrected chi connectivity index (χ0v) is 14.2. The molecule has 0 unspecified atom stereocenters. The highest BCUT2D eigenvalue weighted by Crippen LogP contribution is 2.30. The van der Waals surface area contributed by atoms with Crippen LogP contribution in [0.2, 0.25) is 0 Å². The molecule has 24 heavy (non-hydrogen) atoms. The van der Waals surface area contributed by atoms with Gasteiger partial charge in [-0.2, -0.15) is 0 Å². The number of fused-ring (bicyclic) bond motifs is 1. The van der Waals surface area contributed by atoms with Crippen molar-refractivity contribution in [3.63, 3.8) is 0 Å². The van der Waals surface area contributed by atoms with Crippen LogP contribution < -0.4 is 5.32 Å². The van der Waals surface area contributed by atoms with E-state index in [9.17, 15) is 9.59 Å². The third-order valence-corrected chi connectivity index (χ3v) is 4.73. The number of ketones is 1. The average Bonchev–Trinajstić information content (AvgIpc) is 2.99. The first-order chi connectivity index (χ1) is 11.6. The van der Waals surface area contributed by atoms with Gasteiger partial charge in [-0.05, 0) is 49.7 Å². The number of rotatable bonds is 6. The number of anilines is 1. The molecule has 0 aliphatic carbocycles. The number of hydrogen-bond acceptors (Lipinski definition) is 4. The zero-order valence-electron chi connectivity index (χ0n) is 13.4. The predicted molar refractivity (Wildman–Crippen MR) is 98.2 cm³/mol. The second kappa shape index (κ2) is 7.36. The number of nitrogens with one attached hydrogen (secondary N) is 1. The highest BCUT2D eigenvalue weighted by molar-refractivity contribution is 7.21. The highest BCUT2D eigenvalue weighted by atomic mass is 32.1. The molecule has 5 heteroatoms. The molecule has 0 radical (unpaired) electrons. The summed E-state index contributed by atoms with van der Waals surface area (Å²) in [6, 6.07) is 15.7. The lowest BCUT2D eigenvalue weighted by atomic mass is 10.1. The molecule has 0 bridgehead atoms. The molecule has 0 saturated carbocycles. The molecule has 1 N–H and O–H groups in total. The Morgan fingerprint density at radius 1 is 1.04 bits per heavy atom. The van der Waals surface area contributed by atoms with Gasteiger partial charge in [-0.25, -0.2) is 4.98 Å². The molecule has 122 valence electrons. The summed E-state index contributed by atoms with van der Waals surface area (Å²) in [5.74, 6) is 0.0481. The second-order valence-electron chi connectivity index (χ2n) is 5.67. The van der Waals surface area contributed by atoms with E-state index < -0.39 is 0 Å². The molecule has 3 aromatic rings. The van der Waals surface area contributed by atoms with Crippen molar-refractivity contribution in [2.45, 2.75) is 26.2 Å². The van der Waals surface area contributed by atoms with E-state index in [-0.39, 0.29) is 11.7 Å². The van der Waals surface area contributed by atoms with Crippen LogP contribution in [-0.4, -0.2) is 16.7 Å². The number of aromatic nitrogens is 1. The number of Topliss-reactive ketones (excluding diaryl/α,β-unsaturated/α-hetero) is 1. The molecule has 0 spiro atoms. The first-order valence-electron chi connectivity index (χ1n) is 7.87. The Labute approximate surface area is 144 Å².